The lowest BCUT2D eigenvalue weighted by Gasteiger charge is -2.09. The molecule has 1 aromatic rings. The van der Waals surface area contributed by atoms with Crippen molar-refractivity contribution in [3.63, 3.8) is 0 Å². The van der Waals surface area contributed by atoms with Crippen molar-refractivity contribution >= 4 is 5.91 Å². The minimum atomic E-state index is -0.0130. The zero-order valence-corrected chi connectivity index (χ0v) is 10.9. The quantitative estimate of drug-likeness (QED) is 0.641. The molecule has 0 aliphatic carbocycles. The number of phenols is 1. The molecule has 0 heterocycles. The highest BCUT2D eigenvalue weighted by Crippen LogP contribution is 2.11. The highest BCUT2D eigenvalue weighted by Gasteiger charge is 2.04. The van der Waals surface area contributed by atoms with Crippen molar-refractivity contribution in [1.82, 2.24) is 5.32 Å². The van der Waals surface area contributed by atoms with Crippen LogP contribution >= 0.6 is 0 Å². The summed E-state index contributed by atoms with van der Waals surface area (Å²) >= 11 is 0. The van der Waals surface area contributed by atoms with Crippen LogP contribution in [-0.4, -0.2) is 24.1 Å². The Hall–Kier alpha value is -1.55. The second-order valence-corrected chi connectivity index (χ2v) is 4.68. The summed E-state index contributed by atoms with van der Waals surface area (Å²) in [7, 11) is 0. The summed E-state index contributed by atoms with van der Waals surface area (Å²) in [6.45, 7) is 3.48. The number of phenolic OH excluding ortho intramolecular Hbond substituents is 1. The van der Waals surface area contributed by atoms with Crippen molar-refractivity contribution in [3.8, 4) is 5.75 Å². The first-order valence-electron chi connectivity index (χ1n) is 6.36. The van der Waals surface area contributed by atoms with Gasteiger partial charge in [0.05, 0.1) is 6.42 Å². The molecule has 1 amide bonds. The van der Waals surface area contributed by atoms with E-state index in [9.17, 15) is 9.90 Å². The Labute approximate surface area is 108 Å². The monoisotopic (exact) mass is 250 g/mol. The Balaban J connectivity index is 2.22. The zero-order valence-electron chi connectivity index (χ0n) is 10.9. The summed E-state index contributed by atoms with van der Waals surface area (Å²) < 4.78 is 0. The number of nitrogens with two attached hydrogens (primary N) is 1. The molecule has 0 aliphatic heterocycles. The minimum absolute atomic E-state index is 0.0130. The number of carbonyl (C=O) groups is 1. The molecule has 0 radical (unpaired) electrons. The molecule has 4 nitrogen and oxygen atoms in total. The van der Waals surface area contributed by atoms with Crippen LogP contribution in [-0.2, 0) is 11.2 Å². The van der Waals surface area contributed by atoms with Gasteiger partial charge in [0.2, 0.25) is 5.91 Å². The van der Waals surface area contributed by atoms with E-state index in [1.807, 2.05) is 6.07 Å². The summed E-state index contributed by atoms with van der Waals surface area (Å²) in [5.74, 6) is 0.686. The SMILES string of the molecule is CC(CN)CCCNC(=O)Cc1cccc(O)c1. The minimum Gasteiger partial charge on any atom is -0.508 e. The van der Waals surface area contributed by atoms with E-state index in [2.05, 4.69) is 12.2 Å². The summed E-state index contributed by atoms with van der Waals surface area (Å²) in [5.41, 5.74) is 6.34. The van der Waals surface area contributed by atoms with Crippen LogP contribution in [0.4, 0.5) is 0 Å². The summed E-state index contributed by atoms with van der Waals surface area (Å²) in [6.07, 6.45) is 2.29. The standard InChI is InChI=1S/C14H22N2O2/c1-11(10-15)4-3-7-16-14(18)9-12-5-2-6-13(17)8-12/h2,5-6,8,11,17H,3-4,7,9-10,15H2,1H3,(H,16,18). The molecule has 1 unspecified atom stereocenters. The van der Waals surface area contributed by atoms with Gasteiger partial charge in [-0.15, -0.1) is 0 Å². The number of aromatic hydroxyl groups is 1. The molecule has 1 atom stereocenters. The average molecular weight is 250 g/mol. The van der Waals surface area contributed by atoms with Gasteiger partial charge in [-0.05, 0) is 43.0 Å². The summed E-state index contributed by atoms with van der Waals surface area (Å²) in [6, 6.07) is 6.77. The molecule has 0 saturated heterocycles. The fourth-order valence-corrected chi connectivity index (χ4v) is 1.71. The molecular weight excluding hydrogens is 228 g/mol. The maximum atomic E-state index is 11.6. The molecule has 18 heavy (non-hydrogen) atoms. The maximum absolute atomic E-state index is 11.6. The molecule has 1 rings (SSSR count). The van der Waals surface area contributed by atoms with Crippen LogP contribution in [0, 0.1) is 5.92 Å². The lowest BCUT2D eigenvalue weighted by molar-refractivity contribution is -0.120. The predicted octanol–water partition coefficient (Wildman–Crippen LogP) is 1.43. The van der Waals surface area contributed by atoms with Gasteiger partial charge < -0.3 is 16.2 Å². The molecule has 0 saturated carbocycles. The van der Waals surface area contributed by atoms with Crippen molar-refractivity contribution in [2.75, 3.05) is 13.1 Å². The third kappa shape index (κ3) is 5.68. The van der Waals surface area contributed by atoms with Gasteiger partial charge in [-0.25, -0.2) is 0 Å². The normalized spacial score (nSPS) is 12.1. The van der Waals surface area contributed by atoms with Crippen LogP contribution in [0.1, 0.15) is 25.3 Å². The lowest BCUT2D eigenvalue weighted by atomic mass is 10.1. The molecule has 100 valence electrons. The molecule has 0 bridgehead atoms. The number of carbonyl (C=O) groups excluding carboxylic acids is 1. The second-order valence-electron chi connectivity index (χ2n) is 4.68. The van der Waals surface area contributed by atoms with Gasteiger partial charge >= 0.3 is 0 Å². The number of amides is 1. The van der Waals surface area contributed by atoms with Crippen molar-refractivity contribution in [3.05, 3.63) is 29.8 Å². The first kappa shape index (κ1) is 14.5. The van der Waals surface area contributed by atoms with E-state index in [4.69, 9.17) is 5.73 Å². The Morgan fingerprint density at radius 1 is 1.50 bits per heavy atom. The average Bonchev–Trinajstić information content (AvgIpc) is 2.34. The van der Waals surface area contributed by atoms with Gasteiger partial charge in [0.25, 0.3) is 0 Å². The van der Waals surface area contributed by atoms with Gasteiger partial charge in [-0.2, -0.15) is 0 Å². The zero-order chi connectivity index (χ0) is 13.4. The molecule has 0 fully saturated rings. The fourth-order valence-electron chi connectivity index (χ4n) is 1.71. The Morgan fingerprint density at radius 3 is 2.94 bits per heavy atom. The van der Waals surface area contributed by atoms with E-state index in [0.717, 1.165) is 18.4 Å². The summed E-state index contributed by atoms with van der Waals surface area (Å²) in [5, 5.41) is 12.2. The number of hydrogen-bond donors (Lipinski definition) is 3. The van der Waals surface area contributed by atoms with Crippen molar-refractivity contribution < 1.29 is 9.90 Å². The first-order chi connectivity index (χ1) is 8.61. The van der Waals surface area contributed by atoms with Gasteiger partial charge in [0.15, 0.2) is 0 Å². The van der Waals surface area contributed by atoms with Crippen molar-refractivity contribution in [2.24, 2.45) is 11.7 Å². The second kappa shape index (κ2) is 7.71. The summed E-state index contributed by atoms with van der Waals surface area (Å²) in [4.78, 5) is 11.6. The molecule has 4 heteroatoms. The van der Waals surface area contributed by atoms with Gasteiger partial charge in [0, 0.05) is 6.54 Å². The molecule has 0 aromatic heterocycles. The van der Waals surface area contributed by atoms with E-state index in [0.29, 0.717) is 25.4 Å². The topological polar surface area (TPSA) is 75.3 Å². The van der Waals surface area contributed by atoms with Crippen molar-refractivity contribution in [2.45, 2.75) is 26.2 Å². The lowest BCUT2D eigenvalue weighted by Crippen LogP contribution is -2.26. The number of hydrogen-bond acceptors (Lipinski definition) is 3. The van der Waals surface area contributed by atoms with Gasteiger partial charge in [-0.1, -0.05) is 19.1 Å². The highest BCUT2D eigenvalue weighted by molar-refractivity contribution is 5.78. The van der Waals surface area contributed by atoms with E-state index < -0.39 is 0 Å². The molecule has 0 aliphatic rings. The van der Waals surface area contributed by atoms with Crippen LogP contribution < -0.4 is 11.1 Å². The molecule has 0 spiro atoms. The maximum Gasteiger partial charge on any atom is 0.224 e. The van der Waals surface area contributed by atoms with Crippen LogP contribution in [0.25, 0.3) is 0 Å². The van der Waals surface area contributed by atoms with Crippen molar-refractivity contribution in [1.29, 1.82) is 0 Å². The van der Waals surface area contributed by atoms with Gasteiger partial charge in [-0.3, -0.25) is 4.79 Å². The third-order valence-corrected chi connectivity index (χ3v) is 2.87. The first-order valence-corrected chi connectivity index (χ1v) is 6.36. The number of rotatable bonds is 7. The number of benzene rings is 1. The van der Waals surface area contributed by atoms with E-state index in [1.54, 1.807) is 18.2 Å². The Morgan fingerprint density at radius 2 is 2.28 bits per heavy atom. The van der Waals surface area contributed by atoms with E-state index in [-0.39, 0.29) is 11.7 Å². The molecule has 4 N–H and O–H groups in total. The molecule has 1 aromatic carbocycles. The van der Waals surface area contributed by atoms with E-state index >= 15 is 0 Å². The van der Waals surface area contributed by atoms with Crippen LogP contribution in [0.5, 0.6) is 5.75 Å². The third-order valence-electron chi connectivity index (χ3n) is 2.87. The molecular formula is C14H22N2O2. The van der Waals surface area contributed by atoms with Crippen LogP contribution in [0.15, 0.2) is 24.3 Å². The predicted molar refractivity (Wildman–Crippen MR) is 72.3 cm³/mol. The fraction of sp³-hybridized carbons (Fsp3) is 0.500. The van der Waals surface area contributed by atoms with Crippen LogP contribution in [0.2, 0.25) is 0 Å². The van der Waals surface area contributed by atoms with E-state index in [1.165, 1.54) is 0 Å². The largest absolute Gasteiger partial charge is 0.508 e. The van der Waals surface area contributed by atoms with Crippen LogP contribution in [0.3, 0.4) is 0 Å². The van der Waals surface area contributed by atoms with Gasteiger partial charge in [0.1, 0.15) is 5.75 Å². The smallest absolute Gasteiger partial charge is 0.224 e. The Bertz CT molecular complexity index is 380. The Kier molecular flexibility index (Phi) is 6.22. The highest BCUT2D eigenvalue weighted by atomic mass is 16.3. The number of nitrogens with one attached hydrogen (secondary N) is 1.